The third-order valence-corrected chi connectivity index (χ3v) is 11.8. The molecule has 0 aliphatic carbocycles. The molecule has 0 saturated carbocycles. The second-order valence-electron chi connectivity index (χ2n) is 17.6. The molecule has 0 aromatic heterocycles. The van der Waals surface area contributed by atoms with Crippen LogP contribution in [0.15, 0.2) is 85.1 Å². The van der Waals surface area contributed by atoms with Crippen LogP contribution in [-0.2, 0) is 14.4 Å². The second kappa shape index (κ2) is 44.3. The lowest BCUT2D eigenvalue weighted by Gasteiger charge is -2.39. The average molecular weight is 877 g/mol. The summed E-state index contributed by atoms with van der Waals surface area (Å²) in [4.78, 5) is 41.2. The number of rotatable bonds is 46. The Labute approximate surface area is 387 Å². The molecule has 0 heterocycles. The fourth-order valence-electron chi connectivity index (χ4n) is 7.62. The summed E-state index contributed by atoms with van der Waals surface area (Å²) in [5, 5.41) is 34.0. The van der Waals surface area contributed by atoms with Gasteiger partial charge in [-0.25, -0.2) is 0 Å². The van der Waals surface area contributed by atoms with E-state index in [9.17, 15) is 29.7 Å². The van der Waals surface area contributed by atoms with Gasteiger partial charge in [-0.1, -0.05) is 183 Å². The maximum atomic E-state index is 13.8. The smallest absolute Gasteiger partial charge is 0.219 e. The van der Waals surface area contributed by atoms with E-state index in [0.29, 0.717) is 25.7 Å². The van der Waals surface area contributed by atoms with E-state index in [-0.39, 0.29) is 19.3 Å². The predicted molar refractivity (Wildman–Crippen MR) is 270 cm³/mol. The fourth-order valence-corrected chi connectivity index (χ4v) is 7.62. The molecule has 0 fully saturated rings. The lowest BCUT2D eigenvalue weighted by Crippen LogP contribution is -2.69. The number of Topliss-reactive ketones (excluding diaryl/α,β-unsaturated/α-hetero) is 3. The Kier molecular flexibility index (Phi) is 42.2. The van der Waals surface area contributed by atoms with Gasteiger partial charge >= 0.3 is 0 Å². The van der Waals surface area contributed by atoms with Crippen molar-refractivity contribution < 1.29 is 29.7 Å². The van der Waals surface area contributed by atoms with Crippen LogP contribution in [0, 0.1) is 0 Å². The van der Waals surface area contributed by atoms with E-state index in [1.54, 1.807) is 0 Å². The molecule has 3 N–H and O–H groups in total. The fraction of sp³-hybridized carbons (Fsp3) is 0.702. The highest BCUT2D eigenvalue weighted by molar-refractivity contribution is 6.16. The number of allylic oxidation sites excluding steroid dienone is 14. The van der Waals surface area contributed by atoms with Crippen LogP contribution < -0.4 is 0 Å². The van der Waals surface area contributed by atoms with Gasteiger partial charge in [0.25, 0.3) is 0 Å². The first-order valence-electron chi connectivity index (χ1n) is 26.0. The van der Waals surface area contributed by atoms with Gasteiger partial charge in [-0.15, -0.1) is 0 Å². The van der Waals surface area contributed by atoms with Crippen LogP contribution >= 0.6 is 0 Å². The summed E-state index contributed by atoms with van der Waals surface area (Å²) >= 11 is 0. The predicted octanol–water partition coefficient (Wildman–Crippen LogP) is 15.4. The van der Waals surface area contributed by atoms with Gasteiger partial charge in [0.05, 0.1) is 6.61 Å². The molecule has 6 heteroatoms. The van der Waals surface area contributed by atoms with Gasteiger partial charge < -0.3 is 15.3 Å². The molecule has 1 atom stereocenters. The molecule has 0 aliphatic rings. The highest BCUT2D eigenvalue weighted by Crippen LogP contribution is 2.32. The number of hydrogen-bond acceptors (Lipinski definition) is 6. The first-order chi connectivity index (χ1) is 30.8. The number of ketones is 3. The van der Waals surface area contributed by atoms with Gasteiger partial charge in [0.2, 0.25) is 5.60 Å². The minimum atomic E-state index is -2.97. The molecule has 0 spiro atoms. The summed E-state index contributed by atoms with van der Waals surface area (Å²) < 4.78 is 0. The van der Waals surface area contributed by atoms with Crippen LogP contribution in [0.5, 0.6) is 0 Å². The first kappa shape index (κ1) is 60.1. The number of carbonyl (C=O) groups is 3. The van der Waals surface area contributed by atoms with Crippen molar-refractivity contribution in [3.8, 4) is 0 Å². The van der Waals surface area contributed by atoms with Crippen molar-refractivity contribution in [3.63, 3.8) is 0 Å². The third-order valence-electron chi connectivity index (χ3n) is 11.8. The van der Waals surface area contributed by atoms with Crippen LogP contribution in [0.1, 0.15) is 239 Å². The zero-order chi connectivity index (χ0) is 46.4. The lowest BCUT2D eigenvalue weighted by molar-refractivity contribution is -0.194. The molecule has 0 aliphatic heterocycles. The van der Waals surface area contributed by atoms with Crippen molar-refractivity contribution in [2.45, 2.75) is 250 Å². The van der Waals surface area contributed by atoms with Crippen molar-refractivity contribution in [3.05, 3.63) is 85.1 Å². The molecule has 0 rings (SSSR count). The van der Waals surface area contributed by atoms with Crippen LogP contribution in [-0.4, -0.2) is 50.5 Å². The Balaban J connectivity index is 5.12. The van der Waals surface area contributed by atoms with Crippen molar-refractivity contribution in [2.75, 3.05) is 6.61 Å². The van der Waals surface area contributed by atoms with E-state index in [4.69, 9.17) is 0 Å². The highest BCUT2D eigenvalue weighted by atomic mass is 16.4. The Bertz CT molecular complexity index is 1260. The monoisotopic (exact) mass is 877 g/mol. The summed E-state index contributed by atoms with van der Waals surface area (Å²) in [7, 11) is 0. The van der Waals surface area contributed by atoms with E-state index in [1.165, 1.54) is 57.8 Å². The van der Waals surface area contributed by atoms with Crippen LogP contribution in [0.2, 0.25) is 0 Å². The molecule has 63 heavy (non-hydrogen) atoms. The lowest BCUT2D eigenvalue weighted by atomic mass is 9.71. The second-order valence-corrected chi connectivity index (χ2v) is 17.6. The molecular formula is C57H96O6. The maximum Gasteiger partial charge on any atom is 0.219 e. The van der Waals surface area contributed by atoms with Crippen LogP contribution in [0.4, 0.5) is 0 Å². The van der Waals surface area contributed by atoms with Gasteiger partial charge in [0, 0.05) is 19.3 Å². The minimum Gasteiger partial charge on any atom is -0.393 e. The van der Waals surface area contributed by atoms with Crippen LogP contribution in [0.25, 0.3) is 0 Å². The minimum absolute atomic E-state index is 0.140. The number of carbonyl (C=O) groups excluding carboxylic acids is 3. The summed E-state index contributed by atoms with van der Waals surface area (Å²) in [6.07, 6.45) is 60.8. The van der Waals surface area contributed by atoms with E-state index in [1.807, 2.05) is 0 Å². The Hall–Kier alpha value is -2.93. The molecule has 0 bridgehead atoms. The van der Waals surface area contributed by atoms with E-state index in [2.05, 4.69) is 106 Å². The summed E-state index contributed by atoms with van der Waals surface area (Å²) in [5.41, 5.74) is -5.85. The molecule has 1 unspecified atom stereocenters. The average Bonchev–Trinajstić information content (AvgIpc) is 3.29. The number of aliphatic hydroxyl groups excluding tert-OH is 1. The van der Waals surface area contributed by atoms with Crippen LogP contribution in [0.3, 0.4) is 0 Å². The SMILES string of the molecule is CCCCCC=CCC=CCC=CCCCCC(=O)C(O)(CO)C(O)(C(=O)CCCCCCCC=CCC=CCCCCC)C(=O)CCCCCCCC=CCC=CCCCCC. The summed E-state index contributed by atoms with van der Waals surface area (Å²) in [5.74, 6) is -2.59. The summed E-state index contributed by atoms with van der Waals surface area (Å²) in [6.45, 7) is 5.46. The van der Waals surface area contributed by atoms with Crippen molar-refractivity contribution >= 4 is 17.3 Å². The maximum absolute atomic E-state index is 13.8. The van der Waals surface area contributed by atoms with Gasteiger partial charge in [0.1, 0.15) is 0 Å². The molecule has 0 radical (unpaired) electrons. The number of aliphatic hydroxyl groups is 3. The molecular weight excluding hydrogens is 781 g/mol. The van der Waals surface area contributed by atoms with E-state index in [0.717, 1.165) is 116 Å². The Morgan fingerprint density at radius 2 is 0.571 bits per heavy atom. The van der Waals surface area contributed by atoms with Crippen molar-refractivity contribution in [1.82, 2.24) is 0 Å². The molecule has 360 valence electrons. The third kappa shape index (κ3) is 31.6. The molecule has 0 amide bonds. The van der Waals surface area contributed by atoms with Crippen molar-refractivity contribution in [2.24, 2.45) is 0 Å². The van der Waals surface area contributed by atoms with E-state index < -0.39 is 35.2 Å². The quantitative estimate of drug-likeness (QED) is 0.0319. The molecule has 0 aromatic rings. The number of unbranched alkanes of at least 4 members (excludes halogenated alkanes) is 21. The number of hydrogen-bond donors (Lipinski definition) is 3. The standard InChI is InChI=1S/C57H96O6/c1-4-7-10-13-16-19-22-25-28-31-34-37-40-43-46-49-53(59)56(62,52-58)57(63,54(60)50-47-44-41-38-35-32-29-26-23-20-17-14-11-8-5-2)55(61)51-48-45-42-39-36-33-30-27-24-21-18-15-12-9-6-3/h16-21,25-30,34,37,58,62-63H,4-15,22-24,31-33,35-36,38-52H2,1-3H3. The van der Waals surface area contributed by atoms with Gasteiger partial charge in [-0.2, -0.15) is 0 Å². The summed E-state index contributed by atoms with van der Waals surface area (Å²) in [6, 6.07) is 0. The van der Waals surface area contributed by atoms with Gasteiger partial charge in [-0.05, 0) is 122 Å². The molecule has 0 saturated heterocycles. The van der Waals surface area contributed by atoms with Gasteiger partial charge in [0.15, 0.2) is 23.0 Å². The zero-order valence-corrected chi connectivity index (χ0v) is 40.9. The molecule has 0 aromatic carbocycles. The Morgan fingerprint density at radius 1 is 0.333 bits per heavy atom. The first-order valence-corrected chi connectivity index (χ1v) is 26.0. The largest absolute Gasteiger partial charge is 0.393 e. The zero-order valence-electron chi connectivity index (χ0n) is 40.9. The molecule has 6 nitrogen and oxygen atoms in total. The van der Waals surface area contributed by atoms with Gasteiger partial charge in [-0.3, -0.25) is 14.4 Å². The van der Waals surface area contributed by atoms with Crippen molar-refractivity contribution in [1.29, 1.82) is 0 Å². The normalized spacial score (nSPS) is 14.5. The van der Waals surface area contributed by atoms with E-state index >= 15 is 0 Å². The Morgan fingerprint density at radius 3 is 0.889 bits per heavy atom. The highest BCUT2D eigenvalue weighted by Gasteiger charge is 2.62. The topological polar surface area (TPSA) is 112 Å².